The molecule has 4 rings (SSSR count). The van der Waals surface area contributed by atoms with Gasteiger partial charge in [0.25, 0.3) is 0 Å². The first kappa shape index (κ1) is 19.5. The lowest BCUT2D eigenvalue weighted by molar-refractivity contribution is 0.151. The van der Waals surface area contributed by atoms with Crippen LogP contribution in [0.4, 0.5) is 10.1 Å². The second kappa shape index (κ2) is 8.68. The number of hydrogen-bond acceptors (Lipinski definition) is 3. The quantitative estimate of drug-likeness (QED) is 0.479. The molecule has 0 unspecified atom stereocenters. The Balaban J connectivity index is 1.15. The van der Waals surface area contributed by atoms with Gasteiger partial charge in [0.05, 0.1) is 5.69 Å². The highest BCUT2D eigenvalue weighted by atomic mass is 19.1. The van der Waals surface area contributed by atoms with E-state index in [9.17, 15) is 4.39 Å². The Hall–Kier alpha value is -1.82. The van der Waals surface area contributed by atoms with Crippen molar-refractivity contribution in [2.45, 2.75) is 32.1 Å². The van der Waals surface area contributed by atoms with Crippen LogP contribution in [0.3, 0.4) is 0 Å². The Morgan fingerprint density at radius 1 is 1.11 bits per heavy atom. The predicted molar refractivity (Wildman–Crippen MR) is 114 cm³/mol. The van der Waals surface area contributed by atoms with Gasteiger partial charge in [0.1, 0.15) is 5.82 Å². The molecule has 1 aromatic rings. The van der Waals surface area contributed by atoms with Gasteiger partial charge < -0.3 is 15.1 Å². The minimum absolute atomic E-state index is 0.114. The smallest absolute Gasteiger partial charge is 0.193 e. The van der Waals surface area contributed by atoms with Gasteiger partial charge in [-0.15, -0.1) is 0 Å². The zero-order chi connectivity index (χ0) is 19.4. The van der Waals surface area contributed by atoms with Crippen molar-refractivity contribution in [2.75, 3.05) is 64.3 Å². The Labute approximate surface area is 168 Å². The van der Waals surface area contributed by atoms with Gasteiger partial charge in [0, 0.05) is 52.9 Å². The van der Waals surface area contributed by atoms with Crippen molar-refractivity contribution in [3.63, 3.8) is 0 Å². The molecule has 0 aromatic heterocycles. The Morgan fingerprint density at radius 2 is 1.89 bits per heavy atom. The number of piperazine rings is 1. The highest BCUT2D eigenvalue weighted by Gasteiger charge is 2.43. The van der Waals surface area contributed by atoms with Gasteiger partial charge in [0.15, 0.2) is 5.96 Å². The van der Waals surface area contributed by atoms with E-state index in [1.807, 2.05) is 19.2 Å². The molecule has 28 heavy (non-hydrogen) atoms. The molecule has 1 saturated carbocycles. The molecule has 154 valence electrons. The van der Waals surface area contributed by atoms with E-state index in [4.69, 9.17) is 0 Å². The highest BCUT2D eigenvalue weighted by Crippen LogP contribution is 2.47. The van der Waals surface area contributed by atoms with Crippen molar-refractivity contribution in [1.82, 2.24) is 15.1 Å². The van der Waals surface area contributed by atoms with Gasteiger partial charge in [-0.2, -0.15) is 0 Å². The number of nitrogens with zero attached hydrogens (tertiary/aromatic N) is 4. The van der Waals surface area contributed by atoms with Crippen LogP contribution in [0.2, 0.25) is 0 Å². The molecule has 3 aliphatic rings. The zero-order valence-electron chi connectivity index (χ0n) is 17.2. The van der Waals surface area contributed by atoms with Crippen LogP contribution in [0.1, 0.15) is 32.1 Å². The molecule has 2 heterocycles. The third-order valence-electron chi connectivity index (χ3n) is 6.86. The lowest BCUT2D eigenvalue weighted by Crippen LogP contribution is -2.47. The number of halogens is 1. The molecule has 5 nitrogen and oxygen atoms in total. The molecule has 0 atom stereocenters. The fourth-order valence-electron chi connectivity index (χ4n) is 4.96. The lowest BCUT2D eigenvalue weighted by atomic mass is 9.68. The Kier molecular flexibility index (Phi) is 6.04. The number of anilines is 1. The van der Waals surface area contributed by atoms with E-state index < -0.39 is 0 Å². The van der Waals surface area contributed by atoms with E-state index in [-0.39, 0.29) is 5.82 Å². The average Bonchev–Trinajstić information content (AvgIpc) is 3.15. The second-order valence-electron chi connectivity index (χ2n) is 8.63. The summed E-state index contributed by atoms with van der Waals surface area (Å²) in [5, 5.41) is 3.57. The van der Waals surface area contributed by atoms with E-state index in [0.717, 1.165) is 63.9 Å². The first-order valence-corrected chi connectivity index (χ1v) is 10.9. The summed E-state index contributed by atoms with van der Waals surface area (Å²) < 4.78 is 14.0. The number of nitrogens with one attached hydrogen (secondary N) is 1. The Morgan fingerprint density at radius 3 is 2.54 bits per heavy atom. The maximum absolute atomic E-state index is 14.0. The summed E-state index contributed by atoms with van der Waals surface area (Å²) in [5.41, 5.74) is 1.35. The predicted octanol–water partition coefficient (Wildman–Crippen LogP) is 2.79. The molecule has 6 heteroatoms. The van der Waals surface area contributed by atoms with Gasteiger partial charge in [-0.3, -0.25) is 9.89 Å². The van der Waals surface area contributed by atoms with E-state index in [0.29, 0.717) is 5.41 Å². The molecular formula is C22H34FN5. The fraction of sp³-hybridized carbons (Fsp3) is 0.682. The normalized spacial score (nSPS) is 22.6. The molecule has 0 radical (unpaired) electrons. The standard InChI is InChI=1S/C22H34FN5/c1-24-21(28-13-10-22(18-28)8-4-9-22)25-11-5-12-26-14-16-27(17-15-26)20-7-3-2-6-19(20)23/h2-3,6-7H,4-5,8-18H2,1H3,(H,24,25). The van der Waals surface area contributed by atoms with Crippen molar-refractivity contribution >= 4 is 11.6 Å². The molecule has 1 N–H and O–H groups in total. The van der Waals surface area contributed by atoms with Crippen LogP contribution in [-0.4, -0.2) is 75.2 Å². The van der Waals surface area contributed by atoms with Crippen LogP contribution >= 0.6 is 0 Å². The van der Waals surface area contributed by atoms with Crippen LogP contribution < -0.4 is 10.2 Å². The molecule has 2 saturated heterocycles. The highest BCUT2D eigenvalue weighted by molar-refractivity contribution is 5.80. The topological polar surface area (TPSA) is 34.1 Å². The third-order valence-corrected chi connectivity index (χ3v) is 6.86. The average molecular weight is 388 g/mol. The molecule has 1 aromatic carbocycles. The van der Waals surface area contributed by atoms with Crippen LogP contribution in [0.15, 0.2) is 29.3 Å². The summed E-state index contributed by atoms with van der Waals surface area (Å²) in [6.45, 7) is 8.16. The van der Waals surface area contributed by atoms with E-state index in [1.165, 1.54) is 32.2 Å². The lowest BCUT2D eigenvalue weighted by Gasteiger charge is -2.38. The summed E-state index contributed by atoms with van der Waals surface area (Å²) in [5.74, 6) is 0.963. The number of benzene rings is 1. The number of rotatable bonds is 5. The molecule has 0 amide bonds. The minimum Gasteiger partial charge on any atom is -0.367 e. The molecular weight excluding hydrogens is 353 g/mol. The summed E-state index contributed by atoms with van der Waals surface area (Å²) in [4.78, 5) is 11.6. The summed E-state index contributed by atoms with van der Waals surface area (Å²) in [6, 6.07) is 7.10. The zero-order valence-corrected chi connectivity index (χ0v) is 17.2. The maximum atomic E-state index is 14.0. The van der Waals surface area contributed by atoms with Gasteiger partial charge in [-0.1, -0.05) is 18.6 Å². The van der Waals surface area contributed by atoms with E-state index >= 15 is 0 Å². The summed E-state index contributed by atoms with van der Waals surface area (Å²) in [6.07, 6.45) is 6.65. The monoisotopic (exact) mass is 387 g/mol. The third kappa shape index (κ3) is 4.27. The molecule has 0 bridgehead atoms. The van der Waals surface area contributed by atoms with Crippen molar-refractivity contribution in [3.8, 4) is 0 Å². The molecule has 1 spiro atoms. The number of para-hydroxylation sites is 1. The van der Waals surface area contributed by atoms with Crippen LogP contribution in [0.25, 0.3) is 0 Å². The number of hydrogen-bond donors (Lipinski definition) is 1. The number of likely N-dealkylation sites (tertiary alicyclic amines) is 1. The van der Waals surface area contributed by atoms with Gasteiger partial charge in [-0.05, 0) is 49.8 Å². The SMILES string of the molecule is CN=C(NCCCN1CCN(c2ccccc2F)CC1)N1CCC2(CCC2)C1. The second-order valence-corrected chi connectivity index (χ2v) is 8.63. The van der Waals surface area contributed by atoms with Crippen molar-refractivity contribution in [3.05, 3.63) is 30.1 Å². The van der Waals surface area contributed by atoms with Crippen molar-refractivity contribution in [2.24, 2.45) is 10.4 Å². The number of guanidine groups is 1. The largest absolute Gasteiger partial charge is 0.367 e. The van der Waals surface area contributed by atoms with Crippen LogP contribution in [0, 0.1) is 11.2 Å². The van der Waals surface area contributed by atoms with Crippen molar-refractivity contribution in [1.29, 1.82) is 0 Å². The van der Waals surface area contributed by atoms with Crippen LogP contribution in [0.5, 0.6) is 0 Å². The first-order valence-electron chi connectivity index (χ1n) is 10.9. The van der Waals surface area contributed by atoms with E-state index in [1.54, 1.807) is 12.1 Å². The first-order chi connectivity index (χ1) is 13.7. The number of aliphatic imine (C=N–C) groups is 1. The Bertz CT molecular complexity index is 679. The summed E-state index contributed by atoms with van der Waals surface area (Å²) >= 11 is 0. The molecule has 1 aliphatic carbocycles. The summed E-state index contributed by atoms with van der Waals surface area (Å²) in [7, 11) is 1.90. The van der Waals surface area contributed by atoms with E-state index in [2.05, 4.69) is 25.0 Å². The molecule has 3 fully saturated rings. The minimum atomic E-state index is -0.114. The van der Waals surface area contributed by atoms with Gasteiger partial charge >= 0.3 is 0 Å². The van der Waals surface area contributed by atoms with Gasteiger partial charge in [0.2, 0.25) is 0 Å². The maximum Gasteiger partial charge on any atom is 0.193 e. The molecule has 2 aliphatic heterocycles. The van der Waals surface area contributed by atoms with Crippen molar-refractivity contribution < 1.29 is 4.39 Å². The fourth-order valence-corrected chi connectivity index (χ4v) is 4.96. The van der Waals surface area contributed by atoms with Crippen LogP contribution in [-0.2, 0) is 0 Å². The van der Waals surface area contributed by atoms with Gasteiger partial charge in [-0.25, -0.2) is 4.39 Å².